The maximum Gasteiger partial charge on any atom is 0.361 e. The number of hydrogen-bond donors (Lipinski definition) is 0. The molecule has 0 aromatic heterocycles. The van der Waals surface area contributed by atoms with Crippen molar-refractivity contribution in [2.24, 2.45) is 0 Å². The van der Waals surface area contributed by atoms with Crippen LogP contribution in [0, 0.1) is 21.6 Å². The van der Waals surface area contributed by atoms with Gasteiger partial charge in [-0.3, -0.25) is 0 Å². The van der Waals surface area contributed by atoms with Gasteiger partial charge in [-0.1, -0.05) is 23.7 Å². The molecule has 0 aliphatic rings. The zero-order valence-electron chi connectivity index (χ0n) is 12.7. The molecule has 0 saturated carbocycles. The van der Waals surface area contributed by atoms with Gasteiger partial charge in [-0.15, -0.1) is 10.2 Å². The number of methoxy groups -OCH3 is 1. The number of rotatable bonds is 4. The van der Waals surface area contributed by atoms with Crippen LogP contribution in [-0.2, 0) is 9.53 Å². The molecule has 0 aliphatic heterocycles. The number of hydrogen-bond acceptors (Lipinski definition) is 7. The van der Waals surface area contributed by atoms with E-state index in [1.54, 1.807) is 24.3 Å². The van der Waals surface area contributed by atoms with Gasteiger partial charge in [0.1, 0.15) is 6.07 Å². The van der Waals surface area contributed by atoms with E-state index in [1.807, 2.05) is 14.1 Å². The third-order valence-electron chi connectivity index (χ3n) is 2.77. The first kappa shape index (κ1) is 21.6. The highest BCUT2D eigenvalue weighted by Crippen LogP contribution is 2.25. The molecule has 0 fully saturated rings. The number of esters is 1. The van der Waals surface area contributed by atoms with Crippen molar-refractivity contribution in [2.45, 2.75) is 6.04 Å². The fourth-order valence-electron chi connectivity index (χ4n) is 1.77. The molecule has 0 spiro atoms. The van der Waals surface area contributed by atoms with E-state index in [2.05, 4.69) is 10.8 Å². The van der Waals surface area contributed by atoms with E-state index in [1.165, 1.54) is 7.11 Å². The molecule has 10 heteroatoms. The summed E-state index contributed by atoms with van der Waals surface area (Å²) < 4.78 is 38.8. The molecule has 1 rings (SSSR count). The van der Waals surface area contributed by atoms with Gasteiger partial charge >= 0.3 is 5.97 Å². The van der Waals surface area contributed by atoms with Crippen molar-refractivity contribution in [1.82, 2.24) is 0 Å². The van der Waals surface area contributed by atoms with Crippen molar-refractivity contribution in [2.75, 3.05) is 27.7 Å². The Labute approximate surface area is 141 Å². The van der Waals surface area contributed by atoms with Crippen molar-refractivity contribution >= 4 is 17.6 Å². The Morgan fingerprint density at radius 1 is 1.30 bits per heavy atom. The molecule has 0 bridgehead atoms. The standard InChI is InChI=1S/C13H16ClN2O2.ClHO4/c1-16(2,9-13(17)18-3)12(8-15)10-4-6-11(14)7-5-10;2-1(3,4)5/h4-7,12H,9H2,1-3H3;(H,2,3,4,5)/q+1;/p-1. The van der Waals surface area contributed by atoms with Crippen molar-refractivity contribution in [3.63, 3.8) is 0 Å². The Kier molecular flexibility index (Phi) is 8.44. The van der Waals surface area contributed by atoms with E-state index in [-0.39, 0.29) is 17.0 Å². The molecular weight excluding hydrogens is 351 g/mol. The average Bonchev–Trinajstić information content (AvgIpc) is 2.39. The lowest BCUT2D eigenvalue weighted by atomic mass is 10.1. The summed E-state index contributed by atoms with van der Waals surface area (Å²) in [6, 6.07) is 8.85. The number of ether oxygens (including phenoxy) is 1. The van der Waals surface area contributed by atoms with Gasteiger partial charge < -0.3 is 9.22 Å². The largest absolute Gasteiger partial charge is 0.465 e. The second kappa shape index (κ2) is 9.00. The van der Waals surface area contributed by atoms with E-state index < -0.39 is 16.3 Å². The van der Waals surface area contributed by atoms with Gasteiger partial charge in [0.2, 0.25) is 6.04 Å². The Hall–Kier alpha value is -1.44. The van der Waals surface area contributed by atoms with E-state index in [9.17, 15) is 10.1 Å². The number of likely N-dealkylation sites (N-methyl/N-ethyl adjacent to an activating group) is 1. The van der Waals surface area contributed by atoms with Crippen molar-refractivity contribution in [1.29, 1.82) is 5.26 Å². The van der Waals surface area contributed by atoms with Gasteiger partial charge in [0.05, 0.1) is 21.2 Å². The quantitative estimate of drug-likeness (QED) is 0.419. The number of carbonyl (C=O) groups excluding carboxylic acids is 1. The summed E-state index contributed by atoms with van der Waals surface area (Å²) in [5.74, 6) is -0.339. The number of quaternary nitrogens is 1. The van der Waals surface area contributed by atoms with E-state index in [0.717, 1.165) is 5.56 Å². The first-order valence-corrected chi connectivity index (χ1v) is 7.68. The van der Waals surface area contributed by atoms with Crippen molar-refractivity contribution in [3.05, 3.63) is 34.9 Å². The van der Waals surface area contributed by atoms with Crippen LogP contribution in [0.4, 0.5) is 0 Å². The molecule has 1 unspecified atom stereocenters. The summed E-state index contributed by atoms with van der Waals surface area (Å²) in [6.45, 7) is 0.136. The van der Waals surface area contributed by atoms with Crippen LogP contribution in [0.3, 0.4) is 0 Å². The third kappa shape index (κ3) is 9.32. The monoisotopic (exact) mass is 366 g/mol. The number of nitriles is 1. The Morgan fingerprint density at radius 3 is 2.09 bits per heavy atom. The van der Waals surface area contributed by atoms with Gasteiger partial charge in [0.15, 0.2) is 6.54 Å². The molecule has 0 aliphatic carbocycles. The smallest absolute Gasteiger partial charge is 0.361 e. The molecule has 1 aromatic rings. The zero-order valence-corrected chi connectivity index (χ0v) is 14.2. The summed E-state index contributed by atoms with van der Waals surface area (Å²) in [5, 5.41) is 9.94. The molecule has 0 heterocycles. The predicted molar refractivity (Wildman–Crippen MR) is 68.8 cm³/mol. The van der Waals surface area contributed by atoms with Gasteiger partial charge in [0, 0.05) is 10.6 Å². The first-order chi connectivity index (χ1) is 10.4. The molecule has 128 valence electrons. The molecule has 0 amide bonds. The maximum atomic E-state index is 11.4. The molecule has 0 saturated heterocycles. The number of halogens is 2. The minimum atomic E-state index is -4.94. The topological polar surface area (TPSA) is 142 Å². The van der Waals surface area contributed by atoms with Gasteiger partial charge in [-0.25, -0.2) is 23.4 Å². The van der Waals surface area contributed by atoms with Gasteiger partial charge in [0.25, 0.3) is 0 Å². The molecule has 8 nitrogen and oxygen atoms in total. The van der Waals surface area contributed by atoms with Gasteiger partial charge in [-0.2, -0.15) is 5.26 Å². The van der Waals surface area contributed by atoms with E-state index in [0.29, 0.717) is 5.02 Å². The summed E-state index contributed by atoms with van der Waals surface area (Å²) >= 11 is 5.82. The zero-order chi connectivity index (χ0) is 18.3. The highest BCUT2D eigenvalue weighted by molar-refractivity contribution is 6.30. The van der Waals surface area contributed by atoms with Crippen LogP contribution in [0.1, 0.15) is 11.6 Å². The maximum absolute atomic E-state index is 11.4. The molecule has 1 atom stereocenters. The lowest BCUT2D eigenvalue weighted by Crippen LogP contribution is -2.68. The predicted octanol–water partition coefficient (Wildman–Crippen LogP) is -2.60. The second-order valence-corrected chi connectivity index (χ2v) is 6.17. The van der Waals surface area contributed by atoms with Crippen molar-refractivity contribution < 1.29 is 42.9 Å². The summed E-state index contributed by atoms with van der Waals surface area (Å²) in [7, 11) is 0.0326. The minimum absolute atomic E-state index is 0.136. The van der Waals surface area contributed by atoms with E-state index >= 15 is 0 Å². The van der Waals surface area contributed by atoms with Gasteiger partial charge in [-0.05, 0) is 12.1 Å². The van der Waals surface area contributed by atoms with Crippen LogP contribution in [-0.4, -0.2) is 38.2 Å². The summed E-state index contributed by atoms with van der Waals surface area (Å²) in [6.07, 6.45) is 0. The molecular formula is C13H16Cl2N2O6. The molecule has 23 heavy (non-hydrogen) atoms. The highest BCUT2D eigenvalue weighted by atomic mass is 35.7. The molecule has 0 radical (unpaired) electrons. The SMILES string of the molecule is COC(=O)C[N+](C)(C)C(C#N)c1ccc(Cl)cc1.[O-][Cl+3]([O-])([O-])[O-]. The highest BCUT2D eigenvalue weighted by Gasteiger charge is 2.32. The number of carbonyl (C=O) groups is 1. The van der Waals surface area contributed by atoms with Crippen LogP contribution in [0.25, 0.3) is 0 Å². The number of benzene rings is 1. The molecule has 0 N–H and O–H groups in total. The van der Waals surface area contributed by atoms with Crippen LogP contribution in [0.2, 0.25) is 5.02 Å². The molecule has 1 aromatic carbocycles. The lowest BCUT2D eigenvalue weighted by molar-refractivity contribution is -2.00. The average molecular weight is 367 g/mol. The summed E-state index contributed by atoms with van der Waals surface area (Å²) in [5.41, 5.74) is 0.829. The van der Waals surface area contributed by atoms with Crippen LogP contribution in [0.5, 0.6) is 0 Å². The second-order valence-electron chi connectivity index (χ2n) is 4.97. The Balaban J connectivity index is 0.000000841. The van der Waals surface area contributed by atoms with Crippen LogP contribution < -0.4 is 18.6 Å². The van der Waals surface area contributed by atoms with Crippen LogP contribution in [0.15, 0.2) is 24.3 Å². The Morgan fingerprint density at radius 2 is 1.74 bits per heavy atom. The lowest BCUT2D eigenvalue weighted by Gasteiger charge is -2.33. The minimum Gasteiger partial charge on any atom is -0.465 e. The fourth-order valence-corrected chi connectivity index (χ4v) is 1.89. The van der Waals surface area contributed by atoms with Crippen LogP contribution >= 0.6 is 11.6 Å². The fraction of sp³-hybridized carbons (Fsp3) is 0.385. The van der Waals surface area contributed by atoms with E-state index in [4.69, 9.17) is 30.2 Å². The van der Waals surface area contributed by atoms with Crippen molar-refractivity contribution in [3.8, 4) is 6.07 Å². The normalized spacial score (nSPS) is 12.5. The number of nitrogens with zero attached hydrogens (tertiary/aromatic N) is 2. The third-order valence-corrected chi connectivity index (χ3v) is 3.02. The first-order valence-electron chi connectivity index (χ1n) is 6.07. The Bertz CT molecular complexity index is 545. The summed E-state index contributed by atoms with van der Waals surface area (Å²) in [4.78, 5) is 11.4.